The first kappa shape index (κ1) is 20.4. The molecule has 0 aliphatic rings. The zero-order valence-electron chi connectivity index (χ0n) is 13.7. The number of nitrogens with zero attached hydrogens (tertiary/aromatic N) is 2. The van der Waals surface area contributed by atoms with E-state index in [9.17, 15) is 21.6 Å². The van der Waals surface area contributed by atoms with E-state index in [1.807, 2.05) is 0 Å². The maximum absolute atomic E-state index is 12.7. The van der Waals surface area contributed by atoms with Gasteiger partial charge in [-0.05, 0) is 42.0 Å². The van der Waals surface area contributed by atoms with Crippen LogP contribution in [0.4, 0.5) is 19.0 Å². The largest absolute Gasteiger partial charge is 0.416 e. The van der Waals surface area contributed by atoms with E-state index in [1.165, 1.54) is 0 Å². The molecule has 0 radical (unpaired) electrons. The summed E-state index contributed by atoms with van der Waals surface area (Å²) < 4.78 is 65.4. The van der Waals surface area contributed by atoms with Crippen molar-refractivity contribution in [2.45, 2.75) is 11.1 Å². The normalized spacial score (nSPS) is 12.0. The molecule has 0 bridgehead atoms. The number of sulfonamides is 1. The molecule has 0 saturated carbocycles. The molecule has 28 heavy (non-hydrogen) atoms. The smallest absolute Gasteiger partial charge is 0.263 e. The molecule has 2 aromatic carbocycles. The van der Waals surface area contributed by atoms with Crippen LogP contribution in [0, 0.1) is 0 Å². The summed E-state index contributed by atoms with van der Waals surface area (Å²) in [5.41, 5.74) is -0.255. The van der Waals surface area contributed by atoms with Crippen molar-refractivity contribution in [1.82, 2.24) is 9.97 Å². The summed E-state index contributed by atoms with van der Waals surface area (Å²) in [6.45, 7) is 0. The van der Waals surface area contributed by atoms with Gasteiger partial charge in [-0.3, -0.25) is 4.72 Å². The summed E-state index contributed by atoms with van der Waals surface area (Å²) in [4.78, 5) is 7.38. The van der Waals surface area contributed by atoms with Crippen LogP contribution in [-0.4, -0.2) is 18.4 Å². The number of aromatic nitrogens is 2. The van der Waals surface area contributed by atoms with Crippen LogP contribution in [-0.2, 0) is 16.2 Å². The third-order valence-electron chi connectivity index (χ3n) is 3.66. The maximum Gasteiger partial charge on any atom is 0.416 e. The summed E-state index contributed by atoms with van der Waals surface area (Å²) >= 11 is 12.0. The number of anilines is 1. The lowest BCUT2D eigenvalue weighted by Crippen LogP contribution is -2.15. The molecule has 0 aliphatic carbocycles. The average Bonchev–Trinajstić information content (AvgIpc) is 2.62. The zero-order valence-corrected chi connectivity index (χ0v) is 16.0. The molecule has 0 saturated heterocycles. The van der Waals surface area contributed by atoms with E-state index < -0.39 is 21.8 Å². The van der Waals surface area contributed by atoms with Crippen LogP contribution in [0.15, 0.2) is 59.8 Å². The minimum absolute atomic E-state index is 0.0116. The van der Waals surface area contributed by atoms with Gasteiger partial charge in [0.25, 0.3) is 10.0 Å². The Morgan fingerprint density at radius 1 is 0.893 bits per heavy atom. The molecule has 3 rings (SSSR count). The van der Waals surface area contributed by atoms with Crippen LogP contribution in [0.3, 0.4) is 0 Å². The summed E-state index contributed by atoms with van der Waals surface area (Å²) in [5.74, 6) is -0.123. The topological polar surface area (TPSA) is 72.0 Å². The standard InChI is InChI=1S/C17H10Cl2F3N3O2S/c18-12-5-1-10(2-6-12)14-15(19)23-9-24-16(14)25-28(26,27)13-7-3-11(4-8-13)17(20,21)22/h1-9H,(H,23,24,25). The van der Waals surface area contributed by atoms with Crippen molar-refractivity contribution >= 4 is 39.0 Å². The number of nitrogens with one attached hydrogen (secondary N) is 1. The van der Waals surface area contributed by atoms with Gasteiger partial charge in [-0.2, -0.15) is 13.2 Å². The lowest BCUT2D eigenvalue weighted by molar-refractivity contribution is -0.137. The van der Waals surface area contributed by atoms with Gasteiger partial charge in [-0.25, -0.2) is 18.4 Å². The summed E-state index contributed by atoms with van der Waals surface area (Å²) in [6.07, 6.45) is -3.51. The van der Waals surface area contributed by atoms with Crippen molar-refractivity contribution in [2.75, 3.05) is 4.72 Å². The number of halogens is 5. The second kappa shape index (κ2) is 7.57. The number of rotatable bonds is 4. The second-order valence-corrected chi connectivity index (χ2v) is 8.00. The predicted molar refractivity (Wildman–Crippen MR) is 99.7 cm³/mol. The van der Waals surface area contributed by atoms with Gasteiger partial charge in [-0.1, -0.05) is 35.3 Å². The van der Waals surface area contributed by atoms with Gasteiger partial charge in [0.2, 0.25) is 0 Å². The van der Waals surface area contributed by atoms with Crippen LogP contribution < -0.4 is 4.72 Å². The van der Waals surface area contributed by atoms with Crippen molar-refractivity contribution in [3.05, 3.63) is 70.6 Å². The van der Waals surface area contributed by atoms with Crippen LogP contribution in [0.2, 0.25) is 10.2 Å². The lowest BCUT2D eigenvalue weighted by Gasteiger charge is -2.13. The van der Waals surface area contributed by atoms with Gasteiger partial charge in [-0.15, -0.1) is 0 Å². The van der Waals surface area contributed by atoms with Crippen LogP contribution in [0.25, 0.3) is 11.1 Å². The Morgan fingerprint density at radius 3 is 2.07 bits per heavy atom. The van der Waals surface area contributed by atoms with Crippen LogP contribution in [0.5, 0.6) is 0 Å². The number of benzene rings is 2. The summed E-state index contributed by atoms with van der Waals surface area (Å²) in [5, 5.41) is 0.450. The van der Waals surface area contributed by atoms with Crippen molar-refractivity contribution in [3.63, 3.8) is 0 Å². The fourth-order valence-corrected chi connectivity index (χ4v) is 3.71. The first-order valence-corrected chi connectivity index (χ1v) is 9.78. The van der Waals surface area contributed by atoms with E-state index in [0.29, 0.717) is 22.7 Å². The van der Waals surface area contributed by atoms with Crippen molar-refractivity contribution in [1.29, 1.82) is 0 Å². The van der Waals surface area contributed by atoms with Gasteiger partial charge in [0.15, 0.2) is 5.82 Å². The first-order chi connectivity index (χ1) is 13.1. The minimum atomic E-state index is -4.57. The Kier molecular flexibility index (Phi) is 5.51. The molecule has 0 spiro atoms. The van der Waals surface area contributed by atoms with Gasteiger partial charge in [0, 0.05) is 5.02 Å². The molecule has 146 valence electrons. The molecule has 1 heterocycles. The molecule has 1 N–H and O–H groups in total. The Hall–Kier alpha value is -2.36. The number of hydrogen-bond acceptors (Lipinski definition) is 4. The SMILES string of the molecule is O=S(=O)(Nc1ncnc(Cl)c1-c1ccc(Cl)cc1)c1ccc(C(F)(F)F)cc1. The van der Waals surface area contributed by atoms with Crippen molar-refractivity contribution < 1.29 is 21.6 Å². The van der Waals surface area contributed by atoms with Crippen LogP contribution in [0.1, 0.15) is 5.56 Å². The number of alkyl halides is 3. The third-order valence-corrected chi connectivity index (χ3v) is 5.55. The van der Waals surface area contributed by atoms with E-state index in [4.69, 9.17) is 23.2 Å². The minimum Gasteiger partial charge on any atom is -0.263 e. The Bertz CT molecular complexity index is 1100. The molecule has 0 amide bonds. The molecule has 0 atom stereocenters. The van der Waals surface area contributed by atoms with Gasteiger partial charge in [0.1, 0.15) is 11.5 Å². The highest BCUT2D eigenvalue weighted by Crippen LogP contribution is 2.34. The number of hydrogen-bond donors (Lipinski definition) is 1. The Balaban J connectivity index is 1.99. The Labute approximate surface area is 168 Å². The second-order valence-electron chi connectivity index (χ2n) is 5.52. The average molecular weight is 448 g/mol. The van der Waals surface area contributed by atoms with E-state index in [0.717, 1.165) is 18.5 Å². The van der Waals surface area contributed by atoms with E-state index in [1.54, 1.807) is 24.3 Å². The highest BCUT2D eigenvalue weighted by molar-refractivity contribution is 7.92. The zero-order chi connectivity index (χ0) is 20.5. The van der Waals surface area contributed by atoms with E-state index >= 15 is 0 Å². The van der Waals surface area contributed by atoms with Crippen molar-refractivity contribution in [3.8, 4) is 11.1 Å². The van der Waals surface area contributed by atoms with Gasteiger partial charge in [0.05, 0.1) is 16.0 Å². The van der Waals surface area contributed by atoms with E-state index in [2.05, 4.69) is 14.7 Å². The molecule has 3 aromatic rings. The molecular weight excluding hydrogens is 438 g/mol. The highest BCUT2D eigenvalue weighted by atomic mass is 35.5. The molecule has 0 unspecified atom stereocenters. The molecule has 0 fully saturated rings. The first-order valence-electron chi connectivity index (χ1n) is 7.54. The molecule has 11 heteroatoms. The summed E-state index contributed by atoms with van der Waals surface area (Å²) in [7, 11) is -4.22. The molecule has 1 aromatic heterocycles. The highest BCUT2D eigenvalue weighted by Gasteiger charge is 2.30. The fourth-order valence-electron chi connectivity index (χ4n) is 2.32. The van der Waals surface area contributed by atoms with Gasteiger partial charge < -0.3 is 0 Å². The maximum atomic E-state index is 12.7. The predicted octanol–water partition coefficient (Wildman–Crippen LogP) is 5.27. The van der Waals surface area contributed by atoms with Crippen LogP contribution >= 0.6 is 23.2 Å². The quantitative estimate of drug-likeness (QED) is 0.552. The molecular formula is C17H10Cl2F3N3O2S. The lowest BCUT2D eigenvalue weighted by atomic mass is 10.1. The molecule has 5 nitrogen and oxygen atoms in total. The van der Waals surface area contributed by atoms with Gasteiger partial charge >= 0.3 is 6.18 Å². The Morgan fingerprint density at radius 2 is 1.50 bits per heavy atom. The van der Waals surface area contributed by atoms with E-state index in [-0.39, 0.29) is 21.4 Å². The van der Waals surface area contributed by atoms with Crippen molar-refractivity contribution in [2.24, 2.45) is 0 Å². The molecule has 0 aliphatic heterocycles. The summed E-state index contributed by atoms with van der Waals surface area (Å²) in [6, 6.07) is 9.43. The third kappa shape index (κ3) is 4.37. The monoisotopic (exact) mass is 447 g/mol. The fraction of sp³-hybridized carbons (Fsp3) is 0.0588.